The predicted molar refractivity (Wildman–Crippen MR) is 135 cm³/mol. The van der Waals surface area contributed by atoms with E-state index in [2.05, 4.69) is 21.4 Å². The summed E-state index contributed by atoms with van der Waals surface area (Å²) < 4.78 is 11.8. The maximum absolute atomic E-state index is 6.25. The predicted octanol–water partition coefficient (Wildman–Crippen LogP) is 6.57. The molecule has 172 valence electrons. The van der Waals surface area contributed by atoms with Gasteiger partial charge in [-0.2, -0.15) is 0 Å². The van der Waals surface area contributed by atoms with Gasteiger partial charge >= 0.3 is 0 Å². The van der Waals surface area contributed by atoms with Crippen molar-refractivity contribution in [3.8, 4) is 11.5 Å². The van der Waals surface area contributed by atoms with Crippen molar-refractivity contribution >= 4 is 34.2 Å². The summed E-state index contributed by atoms with van der Waals surface area (Å²) in [4.78, 5) is 8.01. The fourth-order valence-corrected chi connectivity index (χ4v) is 4.04. The molecule has 0 saturated heterocycles. The summed E-state index contributed by atoms with van der Waals surface area (Å²) in [5.74, 6) is 2.44. The van der Waals surface area contributed by atoms with Crippen molar-refractivity contribution in [1.29, 1.82) is 0 Å². The number of benzene rings is 3. The van der Waals surface area contributed by atoms with Gasteiger partial charge in [0.25, 0.3) is 0 Å². The highest BCUT2D eigenvalue weighted by Crippen LogP contribution is 2.30. The first-order valence-corrected chi connectivity index (χ1v) is 11.8. The number of aryl methyl sites for hydroxylation is 1. The number of nitrogens with zero attached hydrogens (tertiary/aromatic N) is 1. The van der Waals surface area contributed by atoms with E-state index in [1.54, 1.807) is 12.1 Å². The van der Waals surface area contributed by atoms with Crippen molar-refractivity contribution in [2.45, 2.75) is 32.9 Å². The summed E-state index contributed by atoms with van der Waals surface area (Å²) in [5, 5.41) is 4.69. The van der Waals surface area contributed by atoms with Gasteiger partial charge in [-0.15, -0.1) is 0 Å². The molecule has 1 heterocycles. The van der Waals surface area contributed by atoms with Gasteiger partial charge in [0.1, 0.15) is 12.4 Å². The minimum Gasteiger partial charge on any atom is -0.490 e. The lowest BCUT2D eigenvalue weighted by molar-refractivity contribution is 0.269. The van der Waals surface area contributed by atoms with Gasteiger partial charge in [0, 0.05) is 28.6 Å². The summed E-state index contributed by atoms with van der Waals surface area (Å²) in [6.07, 6.45) is 1.91. The summed E-state index contributed by atoms with van der Waals surface area (Å²) in [7, 11) is 0. The third-order valence-electron chi connectivity index (χ3n) is 5.24. The van der Waals surface area contributed by atoms with Crippen molar-refractivity contribution in [2.24, 2.45) is 0 Å². The van der Waals surface area contributed by atoms with Crippen molar-refractivity contribution in [1.82, 2.24) is 15.3 Å². The van der Waals surface area contributed by atoms with Crippen LogP contribution in [-0.2, 0) is 19.6 Å². The third-order valence-corrected chi connectivity index (χ3v) is 5.83. The molecule has 0 atom stereocenters. The van der Waals surface area contributed by atoms with Crippen LogP contribution in [0.3, 0.4) is 0 Å². The van der Waals surface area contributed by atoms with E-state index in [4.69, 9.17) is 32.7 Å². The van der Waals surface area contributed by atoms with Gasteiger partial charge in [-0.25, -0.2) is 4.98 Å². The van der Waals surface area contributed by atoms with Gasteiger partial charge in [-0.05, 0) is 61.9 Å². The normalized spacial score (nSPS) is 11.1. The molecule has 0 aliphatic rings. The van der Waals surface area contributed by atoms with Gasteiger partial charge in [0.2, 0.25) is 0 Å². The first kappa shape index (κ1) is 23.4. The van der Waals surface area contributed by atoms with Crippen LogP contribution in [0.15, 0.2) is 60.7 Å². The zero-order chi connectivity index (χ0) is 23.0. The molecule has 0 aliphatic carbocycles. The van der Waals surface area contributed by atoms with Crippen LogP contribution >= 0.6 is 23.2 Å². The van der Waals surface area contributed by atoms with Crippen molar-refractivity contribution in [3.63, 3.8) is 0 Å². The number of imidazole rings is 1. The Morgan fingerprint density at radius 3 is 2.67 bits per heavy atom. The second-order valence-corrected chi connectivity index (χ2v) is 8.56. The molecule has 33 heavy (non-hydrogen) atoms. The monoisotopic (exact) mass is 483 g/mol. The molecule has 0 unspecified atom stereocenters. The molecule has 3 aromatic carbocycles. The van der Waals surface area contributed by atoms with Crippen LogP contribution in [0, 0.1) is 0 Å². The molecule has 0 radical (unpaired) electrons. The number of ether oxygens (including phenoxy) is 2. The highest BCUT2D eigenvalue weighted by atomic mass is 35.5. The first-order valence-electron chi connectivity index (χ1n) is 11.1. The average Bonchev–Trinajstić information content (AvgIpc) is 3.22. The van der Waals surface area contributed by atoms with E-state index in [-0.39, 0.29) is 0 Å². The number of aromatic nitrogens is 2. The Morgan fingerprint density at radius 2 is 1.85 bits per heavy atom. The van der Waals surface area contributed by atoms with E-state index in [0.717, 1.165) is 59.7 Å². The van der Waals surface area contributed by atoms with E-state index in [1.807, 2.05) is 49.4 Å². The lowest BCUT2D eigenvalue weighted by atomic mass is 10.2. The lowest BCUT2D eigenvalue weighted by Crippen LogP contribution is -2.15. The number of aromatic amines is 1. The van der Waals surface area contributed by atoms with Gasteiger partial charge < -0.3 is 19.8 Å². The first-order chi connectivity index (χ1) is 16.1. The number of fused-ring (bicyclic) bond motifs is 1. The number of hydrogen-bond donors (Lipinski definition) is 2. The summed E-state index contributed by atoms with van der Waals surface area (Å²) >= 11 is 12.2. The van der Waals surface area contributed by atoms with E-state index >= 15 is 0 Å². The van der Waals surface area contributed by atoms with E-state index in [9.17, 15) is 0 Å². The third kappa shape index (κ3) is 6.41. The molecule has 0 bridgehead atoms. The quantitative estimate of drug-likeness (QED) is 0.237. The summed E-state index contributed by atoms with van der Waals surface area (Å²) in [6.45, 7) is 4.52. The molecule has 0 spiro atoms. The Morgan fingerprint density at radius 1 is 0.970 bits per heavy atom. The van der Waals surface area contributed by atoms with Crippen LogP contribution in [0.4, 0.5) is 0 Å². The smallest absolute Gasteiger partial charge is 0.161 e. The van der Waals surface area contributed by atoms with Gasteiger partial charge in [0.05, 0.1) is 17.6 Å². The Bertz CT molecular complexity index is 1180. The average molecular weight is 484 g/mol. The molecule has 0 aliphatic heterocycles. The van der Waals surface area contributed by atoms with Crippen LogP contribution in [0.25, 0.3) is 11.0 Å². The number of nitrogens with one attached hydrogen (secondary N) is 2. The number of rotatable bonds is 11. The molecule has 0 saturated carbocycles. The lowest BCUT2D eigenvalue weighted by Gasteiger charge is -2.14. The Kier molecular flexibility index (Phi) is 8.10. The molecule has 4 rings (SSSR count). The van der Waals surface area contributed by atoms with Crippen molar-refractivity contribution in [2.75, 3.05) is 13.2 Å². The van der Waals surface area contributed by atoms with Gasteiger partial charge in [0.15, 0.2) is 11.5 Å². The highest BCUT2D eigenvalue weighted by molar-refractivity contribution is 6.35. The molecular weight excluding hydrogens is 457 g/mol. The second kappa shape index (κ2) is 11.4. The summed E-state index contributed by atoms with van der Waals surface area (Å²) in [5.41, 5.74) is 4.12. The summed E-state index contributed by atoms with van der Waals surface area (Å²) in [6, 6.07) is 19.5. The van der Waals surface area contributed by atoms with E-state index in [1.165, 1.54) is 0 Å². The van der Waals surface area contributed by atoms with Crippen LogP contribution < -0.4 is 14.8 Å². The number of halogens is 2. The minimum atomic E-state index is 0.343. The van der Waals surface area contributed by atoms with Gasteiger partial charge in [-0.3, -0.25) is 0 Å². The van der Waals surface area contributed by atoms with Gasteiger partial charge in [-0.1, -0.05) is 47.5 Å². The highest BCUT2D eigenvalue weighted by Gasteiger charge is 2.09. The van der Waals surface area contributed by atoms with E-state index < -0.39 is 0 Å². The van der Waals surface area contributed by atoms with Crippen LogP contribution in [-0.4, -0.2) is 23.1 Å². The zero-order valence-corrected chi connectivity index (χ0v) is 20.0. The number of para-hydroxylation sites is 2. The van der Waals surface area contributed by atoms with Crippen molar-refractivity contribution < 1.29 is 9.47 Å². The molecular formula is C26H27Cl2N3O2. The maximum atomic E-state index is 6.25. The zero-order valence-electron chi connectivity index (χ0n) is 18.5. The number of H-pyrrole nitrogens is 1. The Balaban J connectivity index is 1.28. The van der Waals surface area contributed by atoms with Crippen LogP contribution in [0.1, 0.15) is 30.3 Å². The Labute approximate surface area is 204 Å². The van der Waals surface area contributed by atoms with E-state index in [0.29, 0.717) is 29.0 Å². The molecule has 5 nitrogen and oxygen atoms in total. The molecule has 0 amide bonds. The second-order valence-electron chi connectivity index (χ2n) is 7.72. The maximum Gasteiger partial charge on any atom is 0.161 e. The van der Waals surface area contributed by atoms with Crippen LogP contribution in [0.2, 0.25) is 10.0 Å². The largest absolute Gasteiger partial charge is 0.490 e. The standard InChI is InChI=1S/C26H27Cl2N3O2/c1-2-32-25-14-18(9-12-24(25)33-17-19-10-11-20(27)15-21(19)28)16-29-13-5-8-26-30-22-6-3-4-7-23(22)31-26/h3-4,6-7,9-12,14-15,29H,2,5,8,13,16-17H2,1H3,(H,30,31). The van der Waals surface area contributed by atoms with Crippen LogP contribution in [0.5, 0.6) is 11.5 Å². The number of hydrogen-bond acceptors (Lipinski definition) is 4. The topological polar surface area (TPSA) is 59.2 Å². The van der Waals surface area contributed by atoms with Crippen molar-refractivity contribution in [3.05, 3.63) is 87.7 Å². The molecule has 4 aromatic rings. The molecule has 2 N–H and O–H groups in total. The molecule has 1 aromatic heterocycles. The fourth-order valence-electron chi connectivity index (χ4n) is 3.58. The minimum absolute atomic E-state index is 0.343. The fraction of sp³-hybridized carbons (Fsp3) is 0.269. The molecule has 7 heteroatoms. The SMILES string of the molecule is CCOc1cc(CNCCCc2nc3ccccc3[nH]2)ccc1OCc1ccc(Cl)cc1Cl. The molecule has 0 fully saturated rings. The Hall–Kier alpha value is -2.73.